The minimum atomic E-state index is -0.591. The molecule has 0 saturated heterocycles. The number of amides is 1. The molecule has 0 unspecified atom stereocenters. The van der Waals surface area contributed by atoms with Gasteiger partial charge >= 0.3 is 6.09 Å². The zero-order chi connectivity index (χ0) is 15.5. The lowest BCUT2D eigenvalue weighted by Crippen LogP contribution is -2.27. The van der Waals surface area contributed by atoms with Gasteiger partial charge in [0.2, 0.25) is 5.95 Å². The molecule has 6 nitrogen and oxygen atoms in total. The van der Waals surface area contributed by atoms with Crippen LogP contribution in [0.2, 0.25) is 0 Å². The van der Waals surface area contributed by atoms with Crippen LogP contribution < -0.4 is 5.32 Å². The van der Waals surface area contributed by atoms with Gasteiger partial charge in [0.25, 0.3) is 0 Å². The number of aromatic amines is 1. The minimum absolute atomic E-state index is 0.264. The molecule has 2 rings (SSSR count). The molecule has 1 aromatic heterocycles. The molecule has 0 aliphatic rings. The first-order chi connectivity index (χ1) is 9.89. The largest absolute Gasteiger partial charge is 0.444 e. The molecular formula is C15H17N3O3. The van der Waals surface area contributed by atoms with Gasteiger partial charge in [-0.1, -0.05) is 24.3 Å². The van der Waals surface area contributed by atoms with E-state index >= 15 is 0 Å². The Bertz CT molecular complexity index is 656. The van der Waals surface area contributed by atoms with E-state index in [1.165, 1.54) is 0 Å². The first kappa shape index (κ1) is 14.8. The number of aromatic nitrogens is 2. The van der Waals surface area contributed by atoms with E-state index in [-0.39, 0.29) is 5.95 Å². The number of carbonyl (C=O) groups is 2. The van der Waals surface area contributed by atoms with Crippen LogP contribution in [0.15, 0.2) is 30.5 Å². The second-order valence-electron chi connectivity index (χ2n) is 5.48. The predicted octanol–water partition coefficient (Wildman–Crippen LogP) is 3.24. The number of anilines is 1. The van der Waals surface area contributed by atoms with Crippen molar-refractivity contribution in [3.8, 4) is 11.3 Å². The third-order valence-corrected chi connectivity index (χ3v) is 2.57. The van der Waals surface area contributed by atoms with Crippen LogP contribution in [0.4, 0.5) is 10.7 Å². The molecule has 1 aromatic carbocycles. The molecule has 1 heterocycles. The number of carbonyl (C=O) groups excluding carboxylic acids is 2. The first-order valence-corrected chi connectivity index (χ1v) is 6.48. The highest BCUT2D eigenvalue weighted by Gasteiger charge is 2.17. The maximum atomic E-state index is 11.6. The van der Waals surface area contributed by atoms with Crippen molar-refractivity contribution < 1.29 is 14.3 Å². The van der Waals surface area contributed by atoms with Gasteiger partial charge in [-0.15, -0.1) is 0 Å². The van der Waals surface area contributed by atoms with Gasteiger partial charge in [-0.05, 0) is 20.8 Å². The Hall–Kier alpha value is -2.63. The zero-order valence-corrected chi connectivity index (χ0v) is 12.1. The average molecular weight is 287 g/mol. The van der Waals surface area contributed by atoms with E-state index in [0.717, 1.165) is 11.8 Å². The Kier molecular flexibility index (Phi) is 4.07. The maximum Gasteiger partial charge on any atom is 0.414 e. The summed E-state index contributed by atoms with van der Waals surface area (Å²) in [4.78, 5) is 29.7. The van der Waals surface area contributed by atoms with E-state index < -0.39 is 11.7 Å². The third-order valence-electron chi connectivity index (χ3n) is 2.57. The smallest absolute Gasteiger partial charge is 0.414 e. The Labute approximate surface area is 122 Å². The van der Waals surface area contributed by atoms with Gasteiger partial charge < -0.3 is 9.72 Å². The van der Waals surface area contributed by atoms with Crippen molar-refractivity contribution in [1.82, 2.24) is 9.97 Å². The lowest BCUT2D eigenvalue weighted by Gasteiger charge is -2.18. The fourth-order valence-corrected chi connectivity index (χ4v) is 1.77. The lowest BCUT2D eigenvalue weighted by atomic mass is 10.1. The summed E-state index contributed by atoms with van der Waals surface area (Å²) in [5.74, 6) is 0.264. The van der Waals surface area contributed by atoms with Crippen molar-refractivity contribution >= 4 is 18.3 Å². The van der Waals surface area contributed by atoms with Gasteiger partial charge in [-0.3, -0.25) is 10.1 Å². The van der Waals surface area contributed by atoms with E-state index in [9.17, 15) is 9.59 Å². The third kappa shape index (κ3) is 3.92. The van der Waals surface area contributed by atoms with E-state index in [1.54, 1.807) is 45.2 Å². The number of ether oxygens (including phenoxy) is 1. The Morgan fingerprint density at radius 1 is 1.33 bits per heavy atom. The SMILES string of the molecule is CC(C)(C)OC(=O)Nc1ncc(-c2ccccc2C=O)[nH]1. The van der Waals surface area contributed by atoms with Crippen molar-refractivity contribution in [2.75, 3.05) is 5.32 Å². The number of nitrogens with zero attached hydrogens (tertiary/aromatic N) is 1. The Balaban J connectivity index is 2.15. The van der Waals surface area contributed by atoms with Crippen molar-refractivity contribution in [3.05, 3.63) is 36.0 Å². The second kappa shape index (κ2) is 5.78. The van der Waals surface area contributed by atoms with Crippen molar-refractivity contribution in [2.24, 2.45) is 0 Å². The Morgan fingerprint density at radius 3 is 2.71 bits per heavy atom. The van der Waals surface area contributed by atoms with Crippen LogP contribution >= 0.6 is 0 Å². The van der Waals surface area contributed by atoms with Gasteiger partial charge in [0.15, 0.2) is 6.29 Å². The number of hydrogen-bond acceptors (Lipinski definition) is 4. The summed E-state index contributed by atoms with van der Waals surface area (Å²) >= 11 is 0. The number of benzene rings is 1. The molecule has 0 fully saturated rings. The standard InChI is InChI=1S/C15H17N3O3/c1-15(2,3)21-14(20)18-13-16-8-12(17-13)11-7-5-4-6-10(11)9-19/h4-9H,1-3H3,(H2,16,17,18,20). The number of H-pyrrole nitrogens is 1. The van der Waals surface area contributed by atoms with Gasteiger partial charge in [0, 0.05) is 11.1 Å². The van der Waals surface area contributed by atoms with E-state index in [2.05, 4.69) is 15.3 Å². The molecule has 1 amide bonds. The van der Waals surface area contributed by atoms with E-state index in [1.807, 2.05) is 6.07 Å². The quantitative estimate of drug-likeness (QED) is 0.849. The summed E-state index contributed by atoms with van der Waals surface area (Å²) in [5, 5.41) is 2.51. The fourth-order valence-electron chi connectivity index (χ4n) is 1.77. The van der Waals surface area contributed by atoms with Crippen molar-refractivity contribution in [3.63, 3.8) is 0 Å². The molecule has 0 spiro atoms. The molecule has 2 N–H and O–H groups in total. The second-order valence-corrected chi connectivity index (χ2v) is 5.48. The van der Waals surface area contributed by atoms with Gasteiger partial charge in [0.1, 0.15) is 5.60 Å². The molecular weight excluding hydrogens is 270 g/mol. The normalized spacial score (nSPS) is 11.0. The van der Waals surface area contributed by atoms with E-state index in [4.69, 9.17) is 4.74 Å². The lowest BCUT2D eigenvalue weighted by molar-refractivity contribution is 0.0634. The summed E-state index contributed by atoms with van der Waals surface area (Å²) in [6.07, 6.45) is 1.73. The number of nitrogens with one attached hydrogen (secondary N) is 2. The van der Waals surface area contributed by atoms with Crippen molar-refractivity contribution in [1.29, 1.82) is 0 Å². The van der Waals surface area contributed by atoms with Crippen molar-refractivity contribution in [2.45, 2.75) is 26.4 Å². The van der Waals surface area contributed by atoms with Gasteiger partial charge in [0.05, 0.1) is 11.9 Å². The topological polar surface area (TPSA) is 84.1 Å². The molecule has 6 heteroatoms. The number of imidazole rings is 1. The summed E-state index contributed by atoms with van der Waals surface area (Å²) in [6, 6.07) is 7.12. The molecule has 0 aliphatic heterocycles. The fraction of sp³-hybridized carbons (Fsp3) is 0.267. The maximum absolute atomic E-state index is 11.6. The highest BCUT2D eigenvalue weighted by molar-refractivity contribution is 5.87. The molecule has 0 radical (unpaired) electrons. The van der Waals surface area contributed by atoms with Crippen LogP contribution in [0.25, 0.3) is 11.3 Å². The average Bonchev–Trinajstić information content (AvgIpc) is 2.84. The highest BCUT2D eigenvalue weighted by atomic mass is 16.6. The summed E-state index contributed by atoms with van der Waals surface area (Å²) < 4.78 is 5.14. The number of aldehydes is 1. The minimum Gasteiger partial charge on any atom is -0.444 e. The molecule has 2 aromatic rings. The van der Waals surface area contributed by atoms with Crippen LogP contribution in [0, 0.1) is 0 Å². The van der Waals surface area contributed by atoms with Gasteiger partial charge in [-0.2, -0.15) is 0 Å². The summed E-state index contributed by atoms with van der Waals surface area (Å²) in [6.45, 7) is 5.33. The monoisotopic (exact) mass is 287 g/mol. The van der Waals surface area contributed by atoms with Crippen LogP contribution in [0.3, 0.4) is 0 Å². The van der Waals surface area contributed by atoms with Crippen LogP contribution in [0.5, 0.6) is 0 Å². The van der Waals surface area contributed by atoms with E-state index in [0.29, 0.717) is 11.3 Å². The summed E-state index contributed by atoms with van der Waals surface area (Å²) in [5.41, 5.74) is 1.33. The zero-order valence-electron chi connectivity index (χ0n) is 12.1. The number of rotatable bonds is 3. The van der Waals surface area contributed by atoms with Crippen LogP contribution in [0.1, 0.15) is 31.1 Å². The van der Waals surface area contributed by atoms with Gasteiger partial charge in [-0.25, -0.2) is 9.78 Å². The number of hydrogen-bond donors (Lipinski definition) is 2. The molecule has 21 heavy (non-hydrogen) atoms. The molecule has 0 bridgehead atoms. The molecule has 0 atom stereocenters. The van der Waals surface area contributed by atoms with Crippen LogP contribution in [-0.4, -0.2) is 27.9 Å². The summed E-state index contributed by atoms with van der Waals surface area (Å²) in [7, 11) is 0. The predicted molar refractivity (Wildman–Crippen MR) is 79.3 cm³/mol. The molecule has 0 saturated carbocycles. The first-order valence-electron chi connectivity index (χ1n) is 6.48. The Morgan fingerprint density at radius 2 is 2.05 bits per heavy atom. The molecule has 0 aliphatic carbocycles. The van der Waals surface area contributed by atoms with Crippen LogP contribution in [-0.2, 0) is 4.74 Å². The highest BCUT2D eigenvalue weighted by Crippen LogP contribution is 2.22. The molecule has 110 valence electrons.